The minimum Gasteiger partial charge on any atom is -0.311 e. The zero-order valence-electron chi connectivity index (χ0n) is 16.4. The monoisotopic (exact) mass is 457 g/mol. The number of rotatable bonds is 8. The molecule has 1 aliphatic rings. The molecule has 0 bridgehead atoms. The number of aryl methyl sites for hydroxylation is 1. The minimum absolute atomic E-state index is 0.0695. The van der Waals surface area contributed by atoms with Gasteiger partial charge in [0.1, 0.15) is 0 Å². The molecule has 1 fully saturated rings. The third-order valence-corrected chi connectivity index (χ3v) is 7.06. The fraction of sp³-hybridized carbons (Fsp3) is 0.333. The van der Waals surface area contributed by atoms with E-state index in [2.05, 4.69) is 20.8 Å². The first-order valence-corrected chi connectivity index (χ1v) is 11.9. The molecule has 1 saturated carbocycles. The number of hydrogen-bond donors (Lipinski definition) is 0. The number of nitriles is 1. The summed E-state index contributed by atoms with van der Waals surface area (Å²) in [6.07, 6.45) is 2.48. The summed E-state index contributed by atoms with van der Waals surface area (Å²) in [5, 5.41) is 21.2. The quantitative estimate of drug-likeness (QED) is 0.426. The summed E-state index contributed by atoms with van der Waals surface area (Å²) in [5.41, 5.74) is 1.64. The number of aromatic nitrogens is 3. The van der Waals surface area contributed by atoms with Gasteiger partial charge in [0.15, 0.2) is 11.0 Å². The van der Waals surface area contributed by atoms with Gasteiger partial charge in [0.2, 0.25) is 5.91 Å². The first-order chi connectivity index (χ1) is 14.6. The fourth-order valence-corrected chi connectivity index (χ4v) is 4.88. The van der Waals surface area contributed by atoms with E-state index in [0.29, 0.717) is 17.6 Å². The van der Waals surface area contributed by atoms with Crippen LogP contribution in [-0.4, -0.2) is 33.0 Å². The van der Waals surface area contributed by atoms with Crippen LogP contribution in [0.25, 0.3) is 10.7 Å². The normalized spacial score (nSPS) is 13.2. The summed E-state index contributed by atoms with van der Waals surface area (Å²) in [7, 11) is 0. The molecular weight excluding hydrogens is 438 g/mol. The van der Waals surface area contributed by atoms with E-state index in [0.717, 1.165) is 40.0 Å². The van der Waals surface area contributed by atoms with Gasteiger partial charge in [-0.05, 0) is 55.0 Å². The van der Waals surface area contributed by atoms with Crippen LogP contribution in [0.15, 0.2) is 40.9 Å². The molecule has 0 atom stereocenters. The van der Waals surface area contributed by atoms with Gasteiger partial charge in [-0.1, -0.05) is 29.4 Å². The molecule has 1 aliphatic carbocycles. The standard InChI is InChI=1S/C21H20ClN5OS2/c1-14-12-16(7-8-17(14)22)26(10-3-9-23)19(28)13-30-21-25-24-20(18-4-2-11-29-18)27(21)15-5-6-15/h2,4,7-8,11-12,15H,3,5-6,10,13H2,1H3. The molecule has 4 rings (SSSR count). The Bertz CT molecular complexity index is 1090. The van der Waals surface area contributed by atoms with Crippen LogP contribution >= 0.6 is 34.7 Å². The van der Waals surface area contributed by atoms with Gasteiger partial charge in [0.25, 0.3) is 0 Å². The Morgan fingerprint density at radius 2 is 2.23 bits per heavy atom. The van der Waals surface area contributed by atoms with Crippen molar-refractivity contribution in [3.63, 3.8) is 0 Å². The summed E-state index contributed by atoms with van der Waals surface area (Å²) < 4.78 is 2.16. The lowest BCUT2D eigenvalue weighted by Gasteiger charge is -2.22. The van der Waals surface area contributed by atoms with E-state index in [1.807, 2.05) is 36.6 Å². The Morgan fingerprint density at radius 3 is 2.90 bits per heavy atom. The molecule has 0 saturated heterocycles. The molecule has 0 aliphatic heterocycles. The minimum atomic E-state index is -0.0695. The number of hydrogen-bond acceptors (Lipinski definition) is 6. The van der Waals surface area contributed by atoms with Gasteiger partial charge < -0.3 is 4.90 Å². The number of thiophene rings is 1. The summed E-state index contributed by atoms with van der Waals surface area (Å²) in [4.78, 5) is 15.8. The highest BCUT2D eigenvalue weighted by Gasteiger charge is 2.31. The van der Waals surface area contributed by atoms with E-state index in [1.165, 1.54) is 11.8 Å². The number of anilines is 1. The van der Waals surface area contributed by atoms with Gasteiger partial charge in [-0.3, -0.25) is 9.36 Å². The lowest BCUT2D eigenvalue weighted by Crippen LogP contribution is -2.33. The molecule has 2 heterocycles. The van der Waals surface area contributed by atoms with Crippen molar-refractivity contribution in [2.45, 2.75) is 37.4 Å². The van der Waals surface area contributed by atoms with Gasteiger partial charge in [0, 0.05) is 23.3 Å². The zero-order chi connectivity index (χ0) is 21.1. The number of thioether (sulfide) groups is 1. The van der Waals surface area contributed by atoms with Crippen LogP contribution in [0.1, 0.15) is 30.9 Å². The summed E-state index contributed by atoms with van der Waals surface area (Å²) in [6.45, 7) is 2.24. The SMILES string of the molecule is Cc1cc(N(CCC#N)C(=O)CSc2nnc(-c3cccs3)n2C2CC2)ccc1Cl. The number of nitrogens with zero attached hydrogens (tertiary/aromatic N) is 5. The third-order valence-electron chi connectivity index (χ3n) is 4.84. The van der Waals surface area contributed by atoms with Crippen molar-refractivity contribution < 1.29 is 4.79 Å². The maximum atomic E-state index is 13.1. The number of amides is 1. The van der Waals surface area contributed by atoms with E-state index in [1.54, 1.807) is 22.3 Å². The topological polar surface area (TPSA) is 74.8 Å². The molecule has 1 aromatic carbocycles. The Balaban J connectivity index is 1.52. The van der Waals surface area contributed by atoms with Crippen LogP contribution in [0.5, 0.6) is 0 Å². The molecule has 2 aromatic heterocycles. The number of benzene rings is 1. The predicted octanol–water partition coefficient (Wildman–Crippen LogP) is 5.34. The number of carbonyl (C=O) groups is 1. The van der Waals surface area contributed by atoms with Crippen molar-refractivity contribution in [1.29, 1.82) is 5.26 Å². The molecule has 154 valence electrons. The lowest BCUT2D eigenvalue weighted by molar-refractivity contribution is -0.116. The van der Waals surface area contributed by atoms with Crippen LogP contribution < -0.4 is 4.90 Å². The van der Waals surface area contributed by atoms with Gasteiger partial charge in [-0.25, -0.2) is 0 Å². The Kier molecular flexibility index (Phi) is 6.42. The average molecular weight is 458 g/mol. The second kappa shape index (κ2) is 9.21. The van der Waals surface area contributed by atoms with Crippen LogP contribution in [0.3, 0.4) is 0 Å². The van der Waals surface area contributed by atoms with E-state index >= 15 is 0 Å². The van der Waals surface area contributed by atoms with E-state index in [4.69, 9.17) is 16.9 Å². The fourth-order valence-electron chi connectivity index (χ4n) is 3.17. The van der Waals surface area contributed by atoms with Gasteiger partial charge in [0.05, 0.1) is 23.1 Å². The molecule has 0 radical (unpaired) electrons. The summed E-state index contributed by atoms with van der Waals surface area (Å²) in [6, 6.07) is 12.0. The van der Waals surface area contributed by atoms with Crippen LogP contribution in [-0.2, 0) is 4.79 Å². The van der Waals surface area contributed by atoms with Crippen molar-refractivity contribution in [3.8, 4) is 16.8 Å². The van der Waals surface area contributed by atoms with Crippen LogP contribution in [0.2, 0.25) is 5.02 Å². The first-order valence-electron chi connectivity index (χ1n) is 9.63. The largest absolute Gasteiger partial charge is 0.311 e. The maximum absolute atomic E-state index is 13.1. The van der Waals surface area contributed by atoms with Crippen molar-refractivity contribution in [2.24, 2.45) is 0 Å². The highest BCUT2D eigenvalue weighted by molar-refractivity contribution is 7.99. The van der Waals surface area contributed by atoms with Gasteiger partial charge in [-0.2, -0.15) is 5.26 Å². The van der Waals surface area contributed by atoms with Crippen molar-refractivity contribution >= 4 is 46.3 Å². The van der Waals surface area contributed by atoms with Crippen molar-refractivity contribution in [1.82, 2.24) is 14.8 Å². The Morgan fingerprint density at radius 1 is 1.40 bits per heavy atom. The number of halogens is 1. The van der Waals surface area contributed by atoms with E-state index in [9.17, 15) is 4.79 Å². The van der Waals surface area contributed by atoms with Crippen molar-refractivity contribution in [2.75, 3.05) is 17.2 Å². The van der Waals surface area contributed by atoms with E-state index < -0.39 is 0 Å². The number of carbonyl (C=O) groups excluding carboxylic acids is 1. The molecule has 30 heavy (non-hydrogen) atoms. The second-order valence-electron chi connectivity index (χ2n) is 7.06. The molecule has 6 nitrogen and oxygen atoms in total. The molecule has 3 aromatic rings. The molecule has 1 amide bonds. The molecule has 9 heteroatoms. The first kappa shape index (κ1) is 20.9. The molecular formula is C21H20ClN5OS2. The third kappa shape index (κ3) is 4.53. The Labute approximate surface area is 188 Å². The Hall–Kier alpha value is -2.34. The molecule has 0 unspecified atom stereocenters. The molecule has 0 spiro atoms. The summed E-state index contributed by atoms with van der Waals surface area (Å²) in [5.74, 6) is 1.03. The van der Waals surface area contributed by atoms with Gasteiger partial charge in [-0.15, -0.1) is 21.5 Å². The smallest absolute Gasteiger partial charge is 0.237 e. The maximum Gasteiger partial charge on any atom is 0.237 e. The lowest BCUT2D eigenvalue weighted by atomic mass is 10.2. The predicted molar refractivity (Wildman–Crippen MR) is 121 cm³/mol. The highest BCUT2D eigenvalue weighted by Crippen LogP contribution is 2.41. The van der Waals surface area contributed by atoms with E-state index in [-0.39, 0.29) is 18.1 Å². The van der Waals surface area contributed by atoms with Crippen molar-refractivity contribution in [3.05, 3.63) is 46.3 Å². The van der Waals surface area contributed by atoms with Crippen LogP contribution in [0, 0.1) is 18.3 Å². The van der Waals surface area contributed by atoms with Crippen LogP contribution in [0.4, 0.5) is 5.69 Å². The molecule has 0 N–H and O–H groups in total. The zero-order valence-corrected chi connectivity index (χ0v) is 18.8. The van der Waals surface area contributed by atoms with Gasteiger partial charge >= 0.3 is 0 Å². The summed E-state index contributed by atoms with van der Waals surface area (Å²) >= 11 is 9.17. The highest BCUT2D eigenvalue weighted by atomic mass is 35.5. The average Bonchev–Trinajstić information content (AvgIpc) is 3.25. The second-order valence-corrected chi connectivity index (χ2v) is 9.36.